The number of non-ortho nitro benzene ring substituents is 1. The summed E-state index contributed by atoms with van der Waals surface area (Å²) in [6.45, 7) is 9.25. The van der Waals surface area contributed by atoms with Crippen LogP contribution in [0.5, 0.6) is 0 Å². The van der Waals surface area contributed by atoms with E-state index in [0.717, 1.165) is 31.6 Å². The molecule has 1 atom stereocenters. The Bertz CT molecular complexity index is 516. The highest BCUT2D eigenvalue weighted by molar-refractivity contribution is 5.34. The van der Waals surface area contributed by atoms with Crippen LogP contribution in [0.25, 0.3) is 0 Å². The number of rotatable bonds is 4. The van der Waals surface area contributed by atoms with Crippen molar-refractivity contribution >= 4 is 5.69 Å². The van der Waals surface area contributed by atoms with Crippen molar-refractivity contribution in [2.24, 2.45) is 5.41 Å². The van der Waals surface area contributed by atoms with Gasteiger partial charge in [-0.25, -0.2) is 0 Å². The normalized spacial score (nSPS) is 21.1. The largest absolute Gasteiger partial charge is 0.381 e. The molecule has 0 unspecified atom stereocenters. The Hall–Kier alpha value is -1.50. The second-order valence-electron chi connectivity index (χ2n) is 7.28. The van der Waals surface area contributed by atoms with Crippen LogP contribution in [0.15, 0.2) is 24.3 Å². The van der Waals surface area contributed by atoms with Crippen molar-refractivity contribution < 1.29 is 14.4 Å². The van der Waals surface area contributed by atoms with E-state index in [4.69, 9.17) is 9.47 Å². The zero-order chi connectivity index (χ0) is 17.6. The van der Waals surface area contributed by atoms with Gasteiger partial charge in [0.25, 0.3) is 5.69 Å². The summed E-state index contributed by atoms with van der Waals surface area (Å²) in [6.07, 6.45) is 1.85. The summed E-state index contributed by atoms with van der Waals surface area (Å²) < 4.78 is 11.6. The van der Waals surface area contributed by atoms with Crippen LogP contribution in [-0.2, 0) is 9.47 Å². The van der Waals surface area contributed by atoms with Crippen LogP contribution in [0.3, 0.4) is 0 Å². The van der Waals surface area contributed by atoms with Gasteiger partial charge in [-0.15, -0.1) is 0 Å². The Kier molecular flexibility index (Phi) is 6.71. The lowest BCUT2D eigenvalue weighted by atomic mass is 9.96. The maximum absolute atomic E-state index is 10.7. The minimum Gasteiger partial charge on any atom is -0.381 e. The van der Waals surface area contributed by atoms with Crippen molar-refractivity contribution in [3.8, 4) is 0 Å². The molecule has 1 aromatic rings. The van der Waals surface area contributed by atoms with Gasteiger partial charge >= 0.3 is 0 Å². The van der Waals surface area contributed by atoms with Crippen molar-refractivity contribution in [1.29, 1.82) is 0 Å². The van der Waals surface area contributed by atoms with Gasteiger partial charge in [-0.05, 0) is 25.3 Å². The molecule has 1 saturated heterocycles. The molecule has 0 aliphatic carbocycles. The molecule has 24 heavy (non-hydrogen) atoms. The predicted molar refractivity (Wildman–Crippen MR) is 93.1 cm³/mol. The summed E-state index contributed by atoms with van der Waals surface area (Å²) in [6, 6.07) is 7.15. The Morgan fingerprint density at radius 2 is 1.71 bits per heavy atom. The molecule has 6 heteroatoms. The monoisotopic (exact) mass is 336 g/mol. The van der Waals surface area contributed by atoms with E-state index in [-0.39, 0.29) is 22.1 Å². The molecule has 1 fully saturated rings. The fourth-order valence-electron chi connectivity index (χ4n) is 2.84. The molecular weight excluding hydrogens is 308 g/mol. The van der Waals surface area contributed by atoms with Gasteiger partial charge in [-0.2, -0.15) is 0 Å². The first-order valence-electron chi connectivity index (χ1n) is 8.53. The fourth-order valence-corrected chi connectivity index (χ4v) is 2.84. The molecule has 0 radical (unpaired) electrons. The van der Waals surface area contributed by atoms with Crippen molar-refractivity contribution in [1.82, 2.24) is 5.32 Å². The number of nitro groups is 1. The molecular formula is C18H28N2O4. The van der Waals surface area contributed by atoms with Gasteiger partial charge in [0.2, 0.25) is 0 Å². The number of nitrogens with one attached hydrogen (secondary N) is 1. The summed E-state index contributed by atoms with van der Waals surface area (Å²) in [5, 5.41) is 14.3. The lowest BCUT2D eigenvalue weighted by molar-refractivity contribution is -0.384. The second-order valence-corrected chi connectivity index (χ2v) is 7.28. The van der Waals surface area contributed by atoms with E-state index in [1.54, 1.807) is 12.1 Å². The molecule has 0 spiro atoms. The van der Waals surface area contributed by atoms with Gasteiger partial charge in [0.1, 0.15) is 0 Å². The van der Waals surface area contributed by atoms with Crippen molar-refractivity contribution in [3.63, 3.8) is 0 Å². The number of nitrogens with zero attached hydrogens (tertiary/aromatic N) is 1. The number of nitro benzene ring substituents is 1. The lowest BCUT2D eigenvalue weighted by Crippen LogP contribution is -2.36. The van der Waals surface area contributed by atoms with Crippen LogP contribution in [0.2, 0.25) is 0 Å². The molecule has 6 nitrogen and oxygen atoms in total. The summed E-state index contributed by atoms with van der Waals surface area (Å²) in [5.74, 6) is 0. The number of hydrogen-bond donors (Lipinski definition) is 1. The van der Waals surface area contributed by atoms with Crippen LogP contribution >= 0.6 is 0 Å². The average molecular weight is 336 g/mol. The molecule has 1 aliphatic heterocycles. The molecule has 1 aromatic carbocycles. The maximum Gasteiger partial charge on any atom is 0.269 e. The average Bonchev–Trinajstić information content (AvgIpc) is 2.55. The van der Waals surface area contributed by atoms with Gasteiger partial charge in [0.15, 0.2) is 0 Å². The van der Waals surface area contributed by atoms with E-state index >= 15 is 0 Å². The molecule has 1 N–H and O–H groups in total. The first-order valence-corrected chi connectivity index (χ1v) is 8.53. The Labute approximate surface area is 143 Å². The molecule has 1 aliphatic rings. The van der Waals surface area contributed by atoms with Crippen LogP contribution in [0.4, 0.5) is 5.69 Å². The Morgan fingerprint density at radius 3 is 2.21 bits per heavy atom. The van der Waals surface area contributed by atoms with Gasteiger partial charge in [-0.3, -0.25) is 10.1 Å². The molecule has 0 bridgehead atoms. The van der Waals surface area contributed by atoms with Gasteiger partial charge < -0.3 is 14.8 Å². The smallest absolute Gasteiger partial charge is 0.269 e. The minimum atomic E-state index is -0.376. The van der Waals surface area contributed by atoms with E-state index in [1.165, 1.54) is 0 Å². The Morgan fingerprint density at radius 1 is 1.17 bits per heavy atom. The van der Waals surface area contributed by atoms with E-state index in [9.17, 15) is 10.1 Å². The van der Waals surface area contributed by atoms with E-state index in [0.29, 0.717) is 19.3 Å². The van der Waals surface area contributed by atoms with E-state index in [2.05, 4.69) is 26.1 Å². The lowest BCUT2D eigenvalue weighted by Gasteiger charge is -2.29. The first-order chi connectivity index (χ1) is 11.4. The third-order valence-corrected chi connectivity index (χ3v) is 4.30. The highest BCUT2D eigenvalue weighted by atomic mass is 16.6. The first kappa shape index (κ1) is 18.8. The standard InChI is InChI=1S/C18H28N2O4/c1-14(15-4-6-17(7-5-15)20(21)22)19-16-8-10-23-12-18(2,3)13-24-11-9-16/h4-7,14,16,19H,8-13H2,1-3H3/t14-/m0/s1. The van der Waals surface area contributed by atoms with E-state index < -0.39 is 0 Å². The molecule has 0 amide bonds. The quantitative estimate of drug-likeness (QED) is 0.673. The number of benzene rings is 1. The van der Waals surface area contributed by atoms with Crippen molar-refractivity contribution in [3.05, 3.63) is 39.9 Å². The highest BCUT2D eigenvalue weighted by Gasteiger charge is 2.21. The summed E-state index contributed by atoms with van der Waals surface area (Å²) in [4.78, 5) is 10.4. The molecule has 134 valence electrons. The number of hydrogen-bond acceptors (Lipinski definition) is 5. The highest BCUT2D eigenvalue weighted by Crippen LogP contribution is 2.21. The molecule has 2 rings (SSSR count). The SMILES string of the molecule is C[C@H](NC1CCOCC(C)(C)COCC1)c1ccc([N+](=O)[O-])cc1. The topological polar surface area (TPSA) is 73.6 Å². The van der Waals surface area contributed by atoms with Gasteiger partial charge in [-0.1, -0.05) is 26.0 Å². The van der Waals surface area contributed by atoms with Crippen LogP contribution in [0.1, 0.15) is 45.2 Å². The van der Waals surface area contributed by atoms with Gasteiger partial charge in [0.05, 0.1) is 18.1 Å². The fraction of sp³-hybridized carbons (Fsp3) is 0.667. The molecule has 0 aromatic heterocycles. The minimum absolute atomic E-state index is 0.0618. The van der Waals surface area contributed by atoms with E-state index in [1.807, 2.05) is 12.1 Å². The third kappa shape index (κ3) is 5.85. The maximum atomic E-state index is 10.7. The molecule has 1 heterocycles. The van der Waals surface area contributed by atoms with Crippen LogP contribution in [-0.4, -0.2) is 37.4 Å². The van der Waals surface area contributed by atoms with Crippen molar-refractivity contribution in [2.75, 3.05) is 26.4 Å². The van der Waals surface area contributed by atoms with Gasteiger partial charge in [0, 0.05) is 42.8 Å². The van der Waals surface area contributed by atoms with Crippen molar-refractivity contribution in [2.45, 2.75) is 45.7 Å². The summed E-state index contributed by atoms with van der Waals surface area (Å²) >= 11 is 0. The summed E-state index contributed by atoms with van der Waals surface area (Å²) in [5.41, 5.74) is 1.22. The third-order valence-electron chi connectivity index (χ3n) is 4.30. The predicted octanol–water partition coefficient (Wildman–Crippen LogP) is 3.47. The number of ether oxygens (including phenoxy) is 2. The molecule has 0 saturated carbocycles. The summed E-state index contributed by atoms with van der Waals surface area (Å²) in [7, 11) is 0. The van der Waals surface area contributed by atoms with Crippen LogP contribution < -0.4 is 5.32 Å². The second kappa shape index (κ2) is 8.55. The zero-order valence-corrected chi connectivity index (χ0v) is 14.8. The Balaban J connectivity index is 1.89. The zero-order valence-electron chi connectivity index (χ0n) is 14.8. The van der Waals surface area contributed by atoms with Crippen LogP contribution in [0, 0.1) is 15.5 Å².